The zero-order valence-corrected chi connectivity index (χ0v) is 18.1. The van der Waals surface area contributed by atoms with E-state index >= 15 is 0 Å². The minimum absolute atomic E-state index is 0.0845. The number of para-hydroxylation sites is 1. The van der Waals surface area contributed by atoms with E-state index in [9.17, 15) is 9.59 Å². The molecular weight excluding hydrogens is 445 g/mol. The van der Waals surface area contributed by atoms with Crippen molar-refractivity contribution in [2.24, 2.45) is 5.92 Å². The number of nitrogens with one attached hydrogen (secondary N) is 1. The van der Waals surface area contributed by atoms with Gasteiger partial charge in [0.05, 0.1) is 5.69 Å². The number of likely N-dealkylation sites (tertiary alicyclic amines) is 1. The van der Waals surface area contributed by atoms with Gasteiger partial charge in [0.1, 0.15) is 5.60 Å². The summed E-state index contributed by atoms with van der Waals surface area (Å²) in [7, 11) is 1.75. The molecule has 1 fully saturated rings. The van der Waals surface area contributed by atoms with Gasteiger partial charge in [0.2, 0.25) is 0 Å². The highest BCUT2D eigenvalue weighted by atomic mass is 127. The van der Waals surface area contributed by atoms with Crippen LogP contribution in [-0.2, 0) is 4.74 Å². The second-order valence-electron chi connectivity index (χ2n) is 7.73. The molecule has 3 amide bonds. The molecule has 0 aliphatic carbocycles. The van der Waals surface area contributed by atoms with E-state index in [0.717, 1.165) is 28.6 Å². The standard InChI is InChI=1S/C19H28IN3O3/c1-19(2,3)26-18(25)22(4)12-14-8-7-11-23(13-14)17(24)21-16-10-6-5-9-15(16)20/h5-6,9-10,14H,7-8,11-13H2,1-4H3,(H,21,24). The van der Waals surface area contributed by atoms with Crippen molar-refractivity contribution in [3.05, 3.63) is 27.8 Å². The first-order chi connectivity index (χ1) is 12.2. The van der Waals surface area contributed by atoms with Gasteiger partial charge >= 0.3 is 12.1 Å². The second kappa shape index (κ2) is 8.92. The highest BCUT2D eigenvalue weighted by Gasteiger charge is 2.27. The van der Waals surface area contributed by atoms with Crippen LogP contribution >= 0.6 is 22.6 Å². The summed E-state index contributed by atoms with van der Waals surface area (Å²) < 4.78 is 6.41. The molecule has 1 aliphatic rings. The van der Waals surface area contributed by atoms with E-state index < -0.39 is 5.60 Å². The summed E-state index contributed by atoms with van der Waals surface area (Å²) in [5.41, 5.74) is 0.322. The van der Waals surface area contributed by atoms with E-state index in [0.29, 0.717) is 13.1 Å². The van der Waals surface area contributed by atoms with Crippen molar-refractivity contribution in [2.75, 3.05) is 32.0 Å². The highest BCUT2D eigenvalue weighted by Crippen LogP contribution is 2.21. The lowest BCUT2D eigenvalue weighted by Gasteiger charge is -2.35. The van der Waals surface area contributed by atoms with Crippen molar-refractivity contribution in [3.8, 4) is 0 Å². The normalized spacial score (nSPS) is 17.6. The minimum Gasteiger partial charge on any atom is -0.444 e. The summed E-state index contributed by atoms with van der Waals surface area (Å²) in [6, 6.07) is 7.63. The molecule has 1 aliphatic heterocycles. The molecule has 0 radical (unpaired) electrons. The molecular formula is C19H28IN3O3. The first-order valence-corrected chi connectivity index (χ1v) is 9.98. The summed E-state index contributed by atoms with van der Waals surface area (Å²) in [6.45, 7) is 7.54. The first-order valence-electron chi connectivity index (χ1n) is 8.90. The molecule has 1 atom stereocenters. The fraction of sp³-hybridized carbons (Fsp3) is 0.579. The van der Waals surface area contributed by atoms with Gasteiger partial charge in [-0.3, -0.25) is 0 Å². The number of carbonyl (C=O) groups is 2. The maximum atomic E-state index is 12.6. The van der Waals surface area contributed by atoms with Gasteiger partial charge < -0.3 is 19.9 Å². The number of urea groups is 1. The number of hydrogen-bond donors (Lipinski definition) is 1. The van der Waals surface area contributed by atoms with E-state index in [1.807, 2.05) is 49.9 Å². The summed E-state index contributed by atoms with van der Waals surface area (Å²) in [5.74, 6) is 0.252. The molecule has 144 valence electrons. The van der Waals surface area contributed by atoms with E-state index in [2.05, 4.69) is 27.9 Å². The zero-order chi connectivity index (χ0) is 19.3. The average Bonchev–Trinajstić information content (AvgIpc) is 2.55. The van der Waals surface area contributed by atoms with Crippen LogP contribution < -0.4 is 5.32 Å². The molecule has 1 heterocycles. The Labute approximate surface area is 169 Å². The first kappa shape index (κ1) is 20.8. The smallest absolute Gasteiger partial charge is 0.410 e. The molecule has 6 nitrogen and oxygen atoms in total. The van der Waals surface area contributed by atoms with Crippen molar-refractivity contribution in [1.29, 1.82) is 0 Å². The number of ether oxygens (including phenoxy) is 1. The topological polar surface area (TPSA) is 61.9 Å². The Morgan fingerprint density at radius 1 is 1.35 bits per heavy atom. The van der Waals surface area contributed by atoms with Crippen LogP contribution in [0.4, 0.5) is 15.3 Å². The van der Waals surface area contributed by atoms with Crippen LogP contribution in [0.2, 0.25) is 0 Å². The third kappa shape index (κ3) is 6.34. The van der Waals surface area contributed by atoms with Crippen LogP contribution in [0.15, 0.2) is 24.3 Å². The predicted molar refractivity (Wildman–Crippen MR) is 111 cm³/mol. The summed E-state index contributed by atoms with van der Waals surface area (Å²) in [4.78, 5) is 28.2. The maximum Gasteiger partial charge on any atom is 0.410 e. The Hall–Kier alpha value is -1.51. The van der Waals surface area contributed by atoms with E-state index in [1.165, 1.54) is 0 Å². The number of benzene rings is 1. The molecule has 0 aromatic heterocycles. The number of nitrogens with zero attached hydrogens (tertiary/aromatic N) is 2. The number of rotatable bonds is 3. The Bertz CT molecular complexity index is 645. The number of piperidine rings is 1. The van der Waals surface area contributed by atoms with Crippen LogP contribution in [0.25, 0.3) is 0 Å². The molecule has 0 saturated carbocycles. The SMILES string of the molecule is CN(CC1CCCN(C(=O)Nc2ccccc2I)C1)C(=O)OC(C)(C)C. The number of halogens is 1. The van der Waals surface area contributed by atoms with Gasteiger partial charge in [0.25, 0.3) is 0 Å². The summed E-state index contributed by atoms with van der Waals surface area (Å²) in [5, 5.41) is 2.98. The fourth-order valence-electron chi connectivity index (χ4n) is 2.96. The van der Waals surface area contributed by atoms with Crippen LogP contribution in [0.1, 0.15) is 33.6 Å². The van der Waals surface area contributed by atoms with Crippen molar-refractivity contribution in [2.45, 2.75) is 39.2 Å². The molecule has 0 bridgehead atoms. The zero-order valence-electron chi connectivity index (χ0n) is 15.9. The van der Waals surface area contributed by atoms with E-state index in [4.69, 9.17) is 4.74 Å². The molecule has 1 unspecified atom stereocenters. The van der Waals surface area contributed by atoms with Crippen LogP contribution in [0, 0.1) is 9.49 Å². The quantitative estimate of drug-likeness (QED) is 0.663. The number of anilines is 1. The lowest BCUT2D eigenvalue weighted by Crippen LogP contribution is -2.46. The van der Waals surface area contributed by atoms with E-state index in [1.54, 1.807) is 11.9 Å². The lowest BCUT2D eigenvalue weighted by atomic mass is 9.98. The van der Waals surface area contributed by atoms with Gasteiger partial charge in [0, 0.05) is 30.3 Å². The molecule has 0 spiro atoms. The molecule has 1 aromatic rings. The molecule has 26 heavy (non-hydrogen) atoms. The summed E-state index contributed by atoms with van der Waals surface area (Å²) in [6.07, 6.45) is 1.62. The van der Waals surface area contributed by atoms with Crippen molar-refractivity contribution in [1.82, 2.24) is 9.80 Å². The third-order valence-corrected chi connectivity index (χ3v) is 5.10. The number of amides is 3. The van der Waals surface area contributed by atoms with Crippen LogP contribution in [0.3, 0.4) is 0 Å². The highest BCUT2D eigenvalue weighted by molar-refractivity contribution is 14.1. The monoisotopic (exact) mass is 473 g/mol. The predicted octanol–water partition coefficient (Wildman–Crippen LogP) is 4.40. The van der Waals surface area contributed by atoms with Crippen molar-refractivity contribution >= 4 is 40.4 Å². The molecule has 1 N–H and O–H groups in total. The Kier molecular flexibility index (Phi) is 7.14. The van der Waals surface area contributed by atoms with Gasteiger partial charge in [-0.05, 0) is 74.3 Å². The fourth-order valence-corrected chi connectivity index (χ4v) is 3.48. The van der Waals surface area contributed by atoms with Gasteiger partial charge in [-0.1, -0.05) is 12.1 Å². The second-order valence-corrected chi connectivity index (χ2v) is 8.89. The van der Waals surface area contributed by atoms with Crippen LogP contribution in [0.5, 0.6) is 0 Å². The molecule has 2 rings (SSSR count). The molecule has 7 heteroatoms. The lowest BCUT2D eigenvalue weighted by molar-refractivity contribution is 0.0253. The van der Waals surface area contributed by atoms with Crippen molar-refractivity contribution in [3.63, 3.8) is 0 Å². The minimum atomic E-state index is -0.503. The van der Waals surface area contributed by atoms with Gasteiger partial charge in [0.15, 0.2) is 0 Å². The van der Waals surface area contributed by atoms with E-state index in [-0.39, 0.29) is 18.0 Å². The van der Waals surface area contributed by atoms with Gasteiger partial charge in [-0.25, -0.2) is 9.59 Å². The average molecular weight is 473 g/mol. The Morgan fingerprint density at radius 2 is 2.04 bits per heavy atom. The molecule has 1 aromatic carbocycles. The third-order valence-electron chi connectivity index (χ3n) is 4.16. The van der Waals surface area contributed by atoms with Crippen molar-refractivity contribution < 1.29 is 14.3 Å². The van der Waals surface area contributed by atoms with Crippen LogP contribution in [-0.4, -0.2) is 54.2 Å². The largest absolute Gasteiger partial charge is 0.444 e. The Morgan fingerprint density at radius 3 is 2.69 bits per heavy atom. The Balaban J connectivity index is 1.89. The number of carbonyl (C=O) groups excluding carboxylic acids is 2. The van der Waals surface area contributed by atoms with Gasteiger partial charge in [-0.15, -0.1) is 0 Å². The maximum absolute atomic E-state index is 12.6. The number of hydrogen-bond acceptors (Lipinski definition) is 3. The molecule has 1 saturated heterocycles. The van der Waals surface area contributed by atoms with Gasteiger partial charge in [-0.2, -0.15) is 0 Å². The summed E-state index contributed by atoms with van der Waals surface area (Å²) >= 11 is 2.21.